The van der Waals surface area contributed by atoms with E-state index in [1.165, 1.54) is 0 Å². The van der Waals surface area contributed by atoms with Crippen molar-refractivity contribution in [1.82, 2.24) is 4.57 Å². The van der Waals surface area contributed by atoms with E-state index in [1.54, 1.807) is 7.11 Å². The number of ether oxygens (including phenoxy) is 1. The van der Waals surface area contributed by atoms with Gasteiger partial charge < -0.3 is 15.0 Å². The predicted octanol–water partition coefficient (Wildman–Crippen LogP) is 1.84. The Morgan fingerprint density at radius 1 is 1.50 bits per heavy atom. The van der Waals surface area contributed by atoms with E-state index in [1.807, 2.05) is 18.4 Å². The highest BCUT2D eigenvalue weighted by Crippen LogP contribution is 2.24. The monoisotopic (exact) mass is 221 g/mol. The van der Waals surface area contributed by atoms with E-state index in [9.17, 15) is 0 Å². The molecule has 0 bridgehead atoms. The molecule has 0 saturated heterocycles. The Kier molecular flexibility index (Phi) is 3.97. The average Bonchev–Trinajstić information content (AvgIpc) is 2.43. The molecule has 1 rings (SSSR count). The molecular weight excluding hydrogens is 202 g/mol. The molecule has 0 fully saturated rings. The molecule has 0 amide bonds. The zero-order chi connectivity index (χ0) is 12.3. The number of hydrogen-bond donors (Lipinski definition) is 1. The molecule has 16 heavy (non-hydrogen) atoms. The molecule has 88 valence electrons. The number of hydrogen-bond acceptors (Lipinski definition) is 3. The lowest BCUT2D eigenvalue weighted by Gasteiger charge is -2.14. The Balaban J connectivity index is 3.02. The van der Waals surface area contributed by atoms with Crippen LogP contribution >= 0.6 is 0 Å². The maximum atomic E-state index is 9.01. The van der Waals surface area contributed by atoms with Crippen LogP contribution in [0.4, 0.5) is 5.82 Å². The topological polar surface area (TPSA) is 64.0 Å². The van der Waals surface area contributed by atoms with Crippen molar-refractivity contribution in [3.63, 3.8) is 0 Å². The first-order valence-corrected chi connectivity index (χ1v) is 5.37. The Morgan fingerprint density at radius 2 is 2.12 bits per heavy atom. The van der Waals surface area contributed by atoms with Crippen LogP contribution in [0.25, 0.3) is 0 Å². The standard InChI is InChI=1S/C12H19N3O/c1-8(7-16-4)6-15-10(3)9(2)11(5-13)12(15)14/h8H,6-7,14H2,1-4H3. The van der Waals surface area contributed by atoms with Crippen LogP contribution in [0.15, 0.2) is 0 Å². The molecule has 0 radical (unpaired) electrons. The van der Waals surface area contributed by atoms with E-state index in [0.29, 0.717) is 23.9 Å². The van der Waals surface area contributed by atoms with Gasteiger partial charge in [-0.25, -0.2) is 0 Å². The van der Waals surface area contributed by atoms with Crippen molar-refractivity contribution in [1.29, 1.82) is 5.26 Å². The fourth-order valence-corrected chi connectivity index (χ4v) is 1.92. The van der Waals surface area contributed by atoms with Crippen molar-refractivity contribution in [2.24, 2.45) is 5.92 Å². The van der Waals surface area contributed by atoms with Gasteiger partial charge in [0.1, 0.15) is 11.9 Å². The number of rotatable bonds is 4. The van der Waals surface area contributed by atoms with Gasteiger partial charge in [0.05, 0.1) is 12.2 Å². The molecular formula is C12H19N3O. The molecule has 2 N–H and O–H groups in total. The Hall–Kier alpha value is -1.47. The molecule has 0 saturated carbocycles. The first-order valence-electron chi connectivity index (χ1n) is 5.37. The quantitative estimate of drug-likeness (QED) is 0.843. The van der Waals surface area contributed by atoms with E-state index < -0.39 is 0 Å². The lowest BCUT2D eigenvalue weighted by Crippen LogP contribution is -2.15. The smallest absolute Gasteiger partial charge is 0.122 e. The predicted molar refractivity (Wildman–Crippen MR) is 64.1 cm³/mol. The number of methoxy groups -OCH3 is 1. The summed E-state index contributed by atoms with van der Waals surface area (Å²) in [6, 6.07) is 2.15. The molecule has 4 nitrogen and oxygen atoms in total. The van der Waals surface area contributed by atoms with Crippen LogP contribution in [0, 0.1) is 31.1 Å². The van der Waals surface area contributed by atoms with Gasteiger partial charge in [0.2, 0.25) is 0 Å². The summed E-state index contributed by atoms with van der Waals surface area (Å²) in [6.45, 7) is 7.50. The normalized spacial score (nSPS) is 12.4. The van der Waals surface area contributed by atoms with Crippen LogP contribution in [0.2, 0.25) is 0 Å². The van der Waals surface area contributed by atoms with Gasteiger partial charge in [0, 0.05) is 19.3 Å². The molecule has 4 heteroatoms. The molecule has 0 aliphatic heterocycles. The number of aromatic nitrogens is 1. The highest BCUT2D eigenvalue weighted by Gasteiger charge is 2.16. The molecule has 1 unspecified atom stereocenters. The zero-order valence-corrected chi connectivity index (χ0v) is 10.4. The molecule has 1 aromatic heterocycles. The summed E-state index contributed by atoms with van der Waals surface area (Å²) >= 11 is 0. The summed E-state index contributed by atoms with van der Waals surface area (Å²) in [5, 5.41) is 9.01. The van der Waals surface area contributed by atoms with Gasteiger partial charge in [-0.1, -0.05) is 6.92 Å². The number of nitriles is 1. The number of nitrogens with zero attached hydrogens (tertiary/aromatic N) is 2. The molecule has 1 aromatic rings. The molecule has 0 aromatic carbocycles. The van der Waals surface area contributed by atoms with E-state index in [0.717, 1.165) is 17.8 Å². The van der Waals surface area contributed by atoms with Gasteiger partial charge >= 0.3 is 0 Å². The fourth-order valence-electron chi connectivity index (χ4n) is 1.92. The van der Waals surface area contributed by atoms with Crippen molar-refractivity contribution < 1.29 is 4.74 Å². The summed E-state index contributed by atoms with van der Waals surface area (Å²) in [5.41, 5.74) is 8.60. The summed E-state index contributed by atoms with van der Waals surface area (Å²) in [5.74, 6) is 0.949. The highest BCUT2D eigenvalue weighted by atomic mass is 16.5. The molecule has 0 aliphatic rings. The van der Waals surface area contributed by atoms with E-state index in [-0.39, 0.29) is 0 Å². The van der Waals surface area contributed by atoms with Crippen molar-refractivity contribution in [3.8, 4) is 6.07 Å². The lowest BCUT2D eigenvalue weighted by molar-refractivity contribution is 0.151. The maximum absolute atomic E-state index is 9.01. The van der Waals surface area contributed by atoms with Crippen molar-refractivity contribution in [2.75, 3.05) is 19.5 Å². The number of nitrogens with two attached hydrogens (primary N) is 1. The third kappa shape index (κ3) is 2.20. The minimum atomic E-state index is 0.379. The molecule has 0 aliphatic carbocycles. The summed E-state index contributed by atoms with van der Waals surface area (Å²) in [6.07, 6.45) is 0. The Bertz CT molecular complexity index is 415. The van der Waals surface area contributed by atoms with Gasteiger partial charge in [0.25, 0.3) is 0 Å². The van der Waals surface area contributed by atoms with Gasteiger partial charge in [-0.2, -0.15) is 5.26 Å². The van der Waals surface area contributed by atoms with Gasteiger partial charge in [-0.3, -0.25) is 0 Å². The summed E-state index contributed by atoms with van der Waals surface area (Å²) in [4.78, 5) is 0. The molecule has 0 spiro atoms. The van der Waals surface area contributed by atoms with Crippen LogP contribution in [0.1, 0.15) is 23.7 Å². The second-order valence-electron chi connectivity index (χ2n) is 4.25. The lowest BCUT2D eigenvalue weighted by atomic mass is 10.2. The van der Waals surface area contributed by atoms with E-state index >= 15 is 0 Å². The van der Waals surface area contributed by atoms with Crippen LogP contribution < -0.4 is 5.73 Å². The van der Waals surface area contributed by atoms with Crippen LogP contribution in [0.3, 0.4) is 0 Å². The van der Waals surface area contributed by atoms with Crippen LogP contribution in [0.5, 0.6) is 0 Å². The first kappa shape index (κ1) is 12.6. The first-order chi connectivity index (χ1) is 7.52. The van der Waals surface area contributed by atoms with Gasteiger partial charge in [0.15, 0.2) is 0 Å². The zero-order valence-electron chi connectivity index (χ0n) is 10.4. The molecule has 1 heterocycles. The van der Waals surface area contributed by atoms with Crippen molar-refractivity contribution >= 4 is 5.82 Å². The van der Waals surface area contributed by atoms with E-state index in [2.05, 4.69) is 13.0 Å². The van der Waals surface area contributed by atoms with Crippen LogP contribution in [-0.4, -0.2) is 18.3 Å². The average molecular weight is 221 g/mol. The van der Waals surface area contributed by atoms with Gasteiger partial charge in [-0.05, 0) is 25.3 Å². The molecule has 1 atom stereocenters. The van der Waals surface area contributed by atoms with E-state index in [4.69, 9.17) is 15.7 Å². The second kappa shape index (κ2) is 5.04. The SMILES string of the molecule is COCC(C)Cn1c(C)c(C)c(C#N)c1N. The largest absolute Gasteiger partial charge is 0.384 e. The van der Waals surface area contributed by atoms with Crippen molar-refractivity contribution in [3.05, 3.63) is 16.8 Å². The Labute approximate surface area is 96.6 Å². The van der Waals surface area contributed by atoms with Crippen molar-refractivity contribution in [2.45, 2.75) is 27.3 Å². The van der Waals surface area contributed by atoms with Gasteiger partial charge in [-0.15, -0.1) is 0 Å². The second-order valence-corrected chi connectivity index (χ2v) is 4.25. The number of nitrogen functional groups attached to an aromatic ring is 1. The highest BCUT2D eigenvalue weighted by molar-refractivity contribution is 5.57. The third-order valence-corrected chi connectivity index (χ3v) is 2.93. The third-order valence-electron chi connectivity index (χ3n) is 2.93. The van der Waals surface area contributed by atoms with Crippen LogP contribution in [-0.2, 0) is 11.3 Å². The minimum Gasteiger partial charge on any atom is -0.384 e. The number of anilines is 1. The minimum absolute atomic E-state index is 0.379. The fraction of sp³-hybridized carbons (Fsp3) is 0.583. The Morgan fingerprint density at radius 3 is 2.56 bits per heavy atom. The summed E-state index contributed by atoms with van der Waals surface area (Å²) in [7, 11) is 1.69. The maximum Gasteiger partial charge on any atom is 0.122 e. The summed E-state index contributed by atoms with van der Waals surface area (Å²) < 4.78 is 7.10.